The van der Waals surface area contributed by atoms with Gasteiger partial charge in [0.1, 0.15) is 18.1 Å². The van der Waals surface area contributed by atoms with Crippen LogP contribution in [0.2, 0.25) is 0 Å². The van der Waals surface area contributed by atoms with Crippen molar-refractivity contribution in [3.63, 3.8) is 0 Å². The predicted molar refractivity (Wildman–Crippen MR) is 105 cm³/mol. The second kappa shape index (κ2) is 9.23. The Labute approximate surface area is 153 Å². The number of benzene rings is 1. The van der Waals surface area contributed by atoms with Crippen molar-refractivity contribution in [2.45, 2.75) is 53.4 Å². The molecule has 25 heavy (non-hydrogen) atoms. The fraction of sp³-hybridized carbons (Fsp3) is 0.524. The minimum atomic E-state index is -3.41. The van der Waals surface area contributed by atoms with Gasteiger partial charge in [0.25, 0.3) is 0 Å². The highest BCUT2D eigenvalue weighted by Gasteiger charge is 2.18. The first-order chi connectivity index (χ1) is 11.5. The van der Waals surface area contributed by atoms with Crippen molar-refractivity contribution in [3.8, 4) is 0 Å². The third kappa shape index (κ3) is 6.69. The first-order valence-electron chi connectivity index (χ1n) is 8.83. The highest BCUT2D eigenvalue weighted by Crippen LogP contribution is 2.21. The summed E-state index contributed by atoms with van der Waals surface area (Å²) in [6.45, 7) is 14.8. The summed E-state index contributed by atoms with van der Waals surface area (Å²) in [4.78, 5) is 0.334. The Morgan fingerprint density at radius 3 is 2.00 bits per heavy atom. The summed E-state index contributed by atoms with van der Waals surface area (Å²) in [7, 11) is -3.41. The second-order valence-corrected chi connectivity index (χ2v) is 9.31. The lowest BCUT2D eigenvalue weighted by atomic mass is 9.92. The Bertz CT molecular complexity index is 707. The summed E-state index contributed by atoms with van der Waals surface area (Å²) in [5, 5.41) is 0. The summed E-state index contributed by atoms with van der Waals surface area (Å²) in [5.74, 6) is 1.33. The number of hydrogen-bond donors (Lipinski definition) is 0. The van der Waals surface area contributed by atoms with Crippen molar-refractivity contribution in [1.82, 2.24) is 0 Å². The molecule has 140 valence electrons. The molecule has 0 bridgehead atoms. The van der Waals surface area contributed by atoms with Crippen LogP contribution in [0, 0.1) is 18.8 Å². The van der Waals surface area contributed by atoms with E-state index in [0.29, 0.717) is 29.1 Å². The lowest BCUT2D eigenvalue weighted by Crippen LogP contribution is -2.13. The molecule has 0 aliphatic heterocycles. The molecule has 0 saturated carbocycles. The summed E-state index contributed by atoms with van der Waals surface area (Å²) in [5.41, 5.74) is 3.26. The molecule has 0 atom stereocenters. The summed E-state index contributed by atoms with van der Waals surface area (Å²) in [6.07, 6.45) is 2.08. The molecule has 3 nitrogen and oxygen atoms in total. The SMILES string of the molecule is CC(C)=C(CS(=O)(=O)c1ccc(C)cc1)OCC=C(C(C)C)C(C)C. The number of sulfone groups is 1. The van der Waals surface area contributed by atoms with Gasteiger partial charge in [-0.2, -0.15) is 0 Å². The van der Waals surface area contributed by atoms with Crippen molar-refractivity contribution in [2.24, 2.45) is 11.8 Å². The molecule has 0 spiro atoms. The van der Waals surface area contributed by atoms with E-state index in [-0.39, 0.29) is 5.75 Å². The molecule has 0 saturated heterocycles. The number of aryl methyl sites for hydroxylation is 1. The standard InChI is InChI=1S/C21H32O3S/c1-15(2)20(16(3)4)12-13-24-21(17(5)6)14-25(22,23)19-10-8-18(7)9-11-19/h8-12,15-16H,13-14H2,1-7H3. The fourth-order valence-electron chi connectivity index (χ4n) is 2.71. The van der Waals surface area contributed by atoms with Gasteiger partial charge in [-0.3, -0.25) is 0 Å². The molecular weight excluding hydrogens is 332 g/mol. The third-order valence-electron chi connectivity index (χ3n) is 4.17. The van der Waals surface area contributed by atoms with E-state index in [0.717, 1.165) is 11.1 Å². The number of hydrogen-bond acceptors (Lipinski definition) is 3. The summed E-state index contributed by atoms with van der Waals surface area (Å²) >= 11 is 0. The van der Waals surface area contributed by atoms with E-state index in [1.165, 1.54) is 5.57 Å². The third-order valence-corrected chi connectivity index (χ3v) is 5.80. The lowest BCUT2D eigenvalue weighted by molar-refractivity contribution is 0.245. The molecule has 0 amide bonds. The normalized spacial score (nSPS) is 11.6. The van der Waals surface area contributed by atoms with Crippen LogP contribution in [0.1, 0.15) is 47.1 Å². The van der Waals surface area contributed by atoms with Gasteiger partial charge >= 0.3 is 0 Å². The molecule has 1 aromatic rings. The van der Waals surface area contributed by atoms with Crippen LogP contribution < -0.4 is 0 Å². The smallest absolute Gasteiger partial charge is 0.185 e. The molecule has 1 rings (SSSR count). The van der Waals surface area contributed by atoms with E-state index in [4.69, 9.17) is 4.74 Å². The predicted octanol–water partition coefficient (Wildman–Crippen LogP) is 5.32. The number of allylic oxidation sites excluding steroid dienone is 2. The van der Waals surface area contributed by atoms with Crippen molar-refractivity contribution < 1.29 is 13.2 Å². The van der Waals surface area contributed by atoms with Gasteiger partial charge in [0.2, 0.25) is 0 Å². The van der Waals surface area contributed by atoms with Gasteiger partial charge in [0.05, 0.1) is 4.90 Å². The average Bonchev–Trinajstić information content (AvgIpc) is 2.49. The Balaban J connectivity index is 2.90. The van der Waals surface area contributed by atoms with E-state index >= 15 is 0 Å². The number of rotatable bonds is 8. The van der Waals surface area contributed by atoms with E-state index in [2.05, 4.69) is 33.8 Å². The van der Waals surface area contributed by atoms with Crippen LogP contribution in [-0.2, 0) is 14.6 Å². The van der Waals surface area contributed by atoms with Gasteiger partial charge < -0.3 is 4.74 Å². The van der Waals surface area contributed by atoms with Crippen LogP contribution in [0.4, 0.5) is 0 Å². The molecule has 0 unspecified atom stereocenters. The molecule has 0 aliphatic rings. The van der Waals surface area contributed by atoms with E-state index in [9.17, 15) is 8.42 Å². The van der Waals surface area contributed by atoms with Crippen molar-refractivity contribution in [3.05, 3.63) is 52.8 Å². The molecule has 0 aliphatic carbocycles. The monoisotopic (exact) mass is 364 g/mol. The van der Waals surface area contributed by atoms with Gasteiger partial charge in [-0.05, 0) is 56.4 Å². The summed E-state index contributed by atoms with van der Waals surface area (Å²) < 4.78 is 31.1. The van der Waals surface area contributed by atoms with Crippen LogP contribution in [0.15, 0.2) is 52.1 Å². The van der Waals surface area contributed by atoms with Gasteiger partial charge in [-0.25, -0.2) is 8.42 Å². The zero-order chi connectivity index (χ0) is 19.2. The van der Waals surface area contributed by atoms with Gasteiger partial charge in [0.15, 0.2) is 9.84 Å². The fourth-order valence-corrected chi connectivity index (χ4v) is 4.14. The lowest BCUT2D eigenvalue weighted by Gasteiger charge is -2.17. The highest BCUT2D eigenvalue weighted by atomic mass is 32.2. The van der Waals surface area contributed by atoms with Crippen LogP contribution in [0.25, 0.3) is 0 Å². The topological polar surface area (TPSA) is 43.4 Å². The maximum atomic E-state index is 12.6. The molecule has 0 N–H and O–H groups in total. The van der Waals surface area contributed by atoms with Crippen LogP contribution in [-0.4, -0.2) is 20.8 Å². The van der Waals surface area contributed by atoms with Crippen molar-refractivity contribution in [2.75, 3.05) is 12.4 Å². The molecular formula is C21H32O3S. The Kier molecular flexibility index (Phi) is 7.94. The minimum absolute atomic E-state index is 0.106. The highest BCUT2D eigenvalue weighted by molar-refractivity contribution is 7.91. The zero-order valence-electron chi connectivity index (χ0n) is 16.6. The first-order valence-corrected chi connectivity index (χ1v) is 10.5. The zero-order valence-corrected chi connectivity index (χ0v) is 17.4. The molecule has 0 radical (unpaired) electrons. The summed E-state index contributed by atoms with van der Waals surface area (Å²) in [6, 6.07) is 6.94. The van der Waals surface area contributed by atoms with Crippen molar-refractivity contribution >= 4 is 9.84 Å². The van der Waals surface area contributed by atoms with Crippen LogP contribution in [0.3, 0.4) is 0 Å². The molecule has 0 heterocycles. The van der Waals surface area contributed by atoms with E-state index in [1.54, 1.807) is 12.1 Å². The van der Waals surface area contributed by atoms with Crippen LogP contribution in [0.5, 0.6) is 0 Å². The molecule has 1 aromatic carbocycles. The Morgan fingerprint density at radius 1 is 1.04 bits per heavy atom. The largest absolute Gasteiger partial charge is 0.493 e. The van der Waals surface area contributed by atoms with Crippen LogP contribution >= 0.6 is 0 Å². The van der Waals surface area contributed by atoms with Gasteiger partial charge in [0, 0.05) is 0 Å². The average molecular weight is 365 g/mol. The maximum Gasteiger partial charge on any atom is 0.185 e. The molecule has 4 heteroatoms. The number of ether oxygens (including phenoxy) is 1. The van der Waals surface area contributed by atoms with E-state index in [1.807, 2.05) is 32.9 Å². The van der Waals surface area contributed by atoms with Crippen molar-refractivity contribution in [1.29, 1.82) is 0 Å². The minimum Gasteiger partial charge on any atom is -0.493 e. The Hall–Kier alpha value is -1.55. The van der Waals surface area contributed by atoms with Gasteiger partial charge in [-0.1, -0.05) is 51.0 Å². The molecule has 0 fully saturated rings. The Morgan fingerprint density at radius 2 is 1.56 bits per heavy atom. The first kappa shape index (κ1) is 21.5. The molecule has 0 aromatic heterocycles. The second-order valence-electron chi connectivity index (χ2n) is 7.32. The quantitative estimate of drug-likeness (QED) is 0.463. The van der Waals surface area contributed by atoms with Gasteiger partial charge in [-0.15, -0.1) is 0 Å². The van der Waals surface area contributed by atoms with E-state index < -0.39 is 9.84 Å². The maximum absolute atomic E-state index is 12.6.